The summed E-state index contributed by atoms with van der Waals surface area (Å²) >= 11 is 0. The van der Waals surface area contributed by atoms with Gasteiger partial charge in [-0.15, -0.1) is 0 Å². The molecule has 0 saturated heterocycles. The topological polar surface area (TPSA) is 13.1 Å². The fourth-order valence-corrected chi connectivity index (χ4v) is 10.2. The van der Waals surface area contributed by atoms with Gasteiger partial charge in [0.05, 0.1) is 33.4 Å². The van der Waals surface area contributed by atoms with Crippen LogP contribution in [0.25, 0.3) is 77.2 Å². The smallest absolute Gasteiger partial charge is 0.0602 e. The van der Waals surface area contributed by atoms with Crippen molar-refractivity contribution >= 4 is 60.7 Å². The van der Waals surface area contributed by atoms with Crippen molar-refractivity contribution in [2.45, 2.75) is 19.3 Å². The lowest BCUT2D eigenvalue weighted by atomic mass is 9.71. The van der Waals surface area contributed by atoms with Crippen LogP contribution in [0.5, 0.6) is 0 Å². The molecule has 12 rings (SSSR count). The number of aromatic nitrogens is 2. The van der Waals surface area contributed by atoms with Crippen LogP contribution in [0.3, 0.4) is 0 Å². The van der Waals surface area contributed by atoms with Crippen molar-refractivity contribution in [3.05, 3.63) is 223 Å². The Hall–Kier alpha value is -7.62. The van der Waals surface area contributed by atoms with E-state index in [-0.39, 0.29) is 5.41 Å². The highest BCUT2D eigenvalue weighted by Gasteiger charge is 2.41. The van der Waals surface area contributed by atoms with Gasteiger partial charge in [-0.25, -0.2) is 0 Å². The summed E-state index contributed by atoms with van der Waals surface area (Å²) in [5.41, 5.74) is 17.9. The summed E-state index contributed by atoms with van der Waals surface area (Å²) in [5, 5.41) is 5.07. The van der Waals surface area contributed by atoms with E-state index >= 15 is 0 Å². The molecule has 11 aromatic rings. The molecular formula is C57H41N3. The van der Waals surface area contributed by atoms with E-state index in [2.05, 4.69) is 240 Å². The number of hydrogen-bond acceptors (Lipinski definition) is 1. The zero-order chi connectivity index (χ0) is 40.0. The van der Waals surface area contributed by atoms with Gasteiger partial charge < -0.3 is 14.0 Å². The Morgan fingerprint density at radius 1 is 0.333 bits per heavy atom. The predicted molar refractivity (Wildman–Crippen MR) is 253 cm³/mol. The first-order valence-corrected chi connectivity index (χ1v) is 20.9. The molecule has 0 saturated carbocycles. The SMILES string of the molecule is CC1(C)c2ccc3c(c2N(c2ccccc2)c2ccc4c(c21)c1ccccc1n4-c1ccc(-c2ccccc2)cc1)c1ccccc1n3-c1ccc(-c2ccccc2)cc1. The predicted octanol–water partition coefficient (Wildman–Crippen LogP) is 15.3. The number of rotatable bonds is 5. The molecule has 3 heteroatoms. The number of benzene rings is 9. The zero-order valence-electron chi connectivity index (χ0n) is 33.5. The lowest BCUT2D eigenvalue weighted by molar-refractivity contribution is 0.639. The molecule has 3 heterocycles. The molecule has 0 spiro atoms. The van der Waals surface area contributed by atoms with Gasteiger partial charge in [-0.3, -0.25) is 0 Å². The molecule has 0 bridgehead atoms. The van der Waals surface area contributed by atoms with Crippen molar-refractivity contribution in [1.82, 2.24) is 9.13 Å². The largest absolute Gasteiger partial charge is 0.309 e. The summed E-state index contributed by atoms with van der Waals surface area (Å²) in [6, 6.07) is 77.7. The fraction of sp³-hybridized carbons (Fsp3) is 0.0526. The van der Waals surface area contributed by atoms with E-state index in [9.17, 15) is 0 Å². The number of nitrogens with zero attached hydrogens (tertiary/aromatic N) is 3. The van der Waals surface area contributed by atoms with Crippen LogP contribution >= 0.6 is 0 Å². The van der Waals surface area contributed by atoms with Crippen molar-refractivity contribution in [3.8, 4) is 33.6 Å². The Bertz CT molecular complexity index is 3410. The molecule has 0 fully saturated rings. The summed E-state index contributed by atoms with van der Waals surface area (Å²) < 4.78 is 4.91. The molecule has 3 nitrogen and oxygen atoms in total. The Kier molecular flexibility index (Phi) is 7.58. The minimum Gasteiger partial charge on any atom is -0.309 e. The molecule has 0 amide bonds. The summed E-state index contributed by atoms with van der Waals surface area (Å²) in [6.45, 7) is 4.86. The Labute approximate surface area is 349 Å². The number of hydrogen-bond donors (Lipinski definition) is 0. The van der Waals surface area contributed by atoms with Gasteiger partial charge in [0.1, 0.15) is 0 Å². The quantitative estimate of drug-likeness (QED) is 0.170. The third-order valence-electron chi connectivity index (χ3n) is 12.9. The van der Waals surface area contributed by atoms with E-state index in [0.717, 1.165) is 17.1 Å². The highest BCUT2D eigenvalue weighted by atomic mass is 15.2. The Morgan fingerprint density at radius 2 is 0.767 bits per heavy atom. The molecule has 0 N–H and O–H groups in total. The first kappa shape index (κ1) is 34.4. The van der Waals surface area contributed by atoms with Crippen molar-refractivity contribution in [1.29, 1.82) is 0 Å². The van der Waals surface area contributed by atoms with Gasteiger partial charge in [0.15, 0.2) is 0 Å². The number of anilines is 3. The number of para-hydroxylation sites is 3. The minimum absolute atomic E-state index is 0.351. The van der Waals surface area contributed by atoms with Crippen LogP contribution in [0.1, 0.15) is 25.0 Å². The fourth-order valence-electron chi connectivity index (χ4n) is 10.2. The summed E-state index contributed by atoms with van der Waals surface area (Å²) in [7, 11) is 0. The van der Waals surface area contributed by atoms with Gasteiger partial charge in [-0.05, 0) is 100 Å². The van der Waals surface area contributed by atoms with Crippen molar-refractivity contribution < 1.29 is 0 Å². The van der Waals surface area contributed by atoms with Crippen LogP contribution in [0.4, 0.5) is 17.1 Å². The monoisotopic (exact) mass is 767 g/mol. The Morgan fingerprint density at radius 3 is 1.32 bits per heavy atom. The Balaban J connectivity index is 1.12. The van der Waals surface area contributed by atoms with E-state index in [4.69, 9.17) is 0 Å². The van der Waals surface area contributed by atoms with Gasteiger partial charge in [0.2, 0.25) is 0 Å². The summed E-state index contributed by atoms with van der Waals surface area (Å²) in [6.07, 6.45) is 0. The lowest BCUT2D eigenvalue weighted by Crippen LogP contribution is -2.31. The van der Waals surface area contributed by atoms with Gasteiger partial charge in [0, 0.05) is 44.0 Å². The molecule has 0 radical (unpaired) electrons. The van der Waals surface area contributed by atoms with E-state index in [1.165, 1.54) is 88.4 Å². The van der Waals surface area contributed by atoms with Gasteiger partial charge in [-0.1, -0.05) is 159 Å². The number of fused-ring (bicyclic) bond motifs is 10. The molecule has 9 aromatic carbocycles. The highest BCUT2D eigenvalue weighted by molar-refractivity contribution is 6.20. The molecule has 1 aliphatic rings. The molecule has 0 atom stereocenters. The first-order valence-electron chi connectivity index (χ1n) is 20.9. The van der Waals surface area contributed by atoms with Crippen molar-refractivity contribution in [2.24, 2.45) is 0 Å². The first-order chi connectivity index (χ1) is 29.6. The normalized spacial score (nSPS) is 13.3. The zero-order valence-corrected chi connectivity index (χ0v) is 33.5. The third-order valence-corrected chi connectivity index (χ3v) is 12.9. The van der Waals surface area contributed by atoms with E-state index in [1.54, 1.807) is 0 Å². The van der Waals surface area contributed by atoms with Crippen LogP contribution in [0.15, 0.2) is 212 Å². The summed E-state index contributed by atoms with van der Waals surface area (Å²) in [5.74, 6) is 0. The van der Waals surface area contributed by atoms with Gasteiger partial charge in [0.25, 0.3) is 0 Å². The average Bonchev–Trinajstić information content (AvgIpc) is 3.83. The maximum atomic E-state index is 2.55. The van der Waals surface area contributed by atoms with E-state index < -0.39 is 0 Å². The second-order valence-corrected chi connectivity index (χ2v) is 16.5. The minimum atomic E-state index is -0.351. The van der Waals surface area contributed by atoms with Crippen molar-refractivity contribution in [3.63, 3.8) is 0 Å². The van der Waals surface area contributed by atoms with E-state index in [1.807, 2.05) is 0 Å². The molecular weight excluding hydrogens is 727 g/mol. The molecule has 1 aliphatic heterocycles. The second-order valence-electron chi connectivity index (χ2n) is 16.5. The summed E-state index contributed by atoms with van der Waals surface area (Å²) in [4.78, 5) is 2.55. The molecule has 60 heavy (non-hydrogen) atoms. The molecule has 0 aliphatic carbocycles. The average molecular weight is 768 g/mol. The van der Waals surface area contributed by atoms with Crippen LogP contribution in [0, 0.1) is 0 Å². The maximum absolute atomic E-state index is 2.55. The standard InChI is InChI=1S/C57H41N3/c1-57(2)47-34-35-51-54(46-23-13-15-25-49(46)59(51)44-32-28-41(29-33-44)39-18-8-4-9-19-39)56(47)60(42-20-10-5-11-21-42)52-37-36-50-53(55(52)57)45-22-12-14-24-48(45)58(50)43-30-26-40(27-31-43)38-16-6-3-7-17-38/h3-37H,1-2H3. The van der Waals surface area contributed by atoms with Crippen LogP contribution in [0.2, 0.25) is 0 Å². The highest BCUT2D eigenvalue weighted by Crippen LogP contribution is 2.58. The van der Waals surface area contributed by atoms with Gasteiger partial charge in [-0.2, -0.15) is 0 Å². The maximum Gasteiger partial charge on any atom is 0.0602 e. The van der Waals surface area contributed by atoms with Crippen LogP contribution in [-0.2, 0) is 5.41 Å². The van der Waals surface area contributed by atoms with Crippen molar-refractivity contribution in [2.75, 3.05) is 4.90 Å². The second kappa shape index (κ2) is 13.2. The van der Waals surface area contributed by atoms with E-state index in [0.29, 0.717) is 0 Å². The molecule has 0 unspecified atom stereocenters. The van der Waals surface area contributed by atoms with Gasteiger partial charge >= 0.3 is 0 Å². The third kappa shape index (κ3) is 5.02. The molecule has 2 aromatic heterocycles. The molecule has 284 valence electrons. The lowest BCUT2D eigenvalue weighted by Gasteiger charge is -2.43. The van der Waals surface area contributed by atoms with Crippen LogP contribution < -0.4 is 4.90 Å². The van der Waals surface area contributed by atoms with Crippen LogP contribution in [-0.4, -0.2) is 9.13 Å².